The molecule has 3 N–H and O–H groups in total. The predicted octanol–water partition coefficient (Wildman–Crippen LogP) is 1.36. The molecule has 1 aliphatic heterocycles. The van der Waals surface area contributed by atoms with Gasteiger partial charge in [-0.3, -0.25) is 0 Å². The van der Waals surface area contributed by atoms with Gasteiger partial charge in [-0.15, -0.1) is 0 Å². The van der Waals surface area contributed by atoms with Crippen molar-refractivity contribution in [2.45, 2.75) is 25.4 Å². The molecule has 0 aliphatic carbocycles. The summed E-state index contributed by atoms with van der Waals surface area (Å²) >= 11 is 0. The fraction of sp³-hybridized carbons (Fsp3) is 0.571. The maximum atomic E-state index is 11.6. The predicted molar refractivity (Wildman–Crippen MR) is 79.6 cm³/mol. The quantitative estimate of drug-likeness (QED) is 0.822. The zero-order chi connectivity index (χ0) is 14.8. The van der Waals surface area contributed by atoms with E-state index in [0.29, 0.717) is 25.2 Å². The van der Waals surface area contributed by atoms with Gasteiger partial charge in [0.05, 0.1) is 12.4 Å². The Morgan fingerprint density at radius 3 is 2.80 bits per heavy atom. The molecule has 1 aliphatic rings. The van der Waals surface area contributed by atoms with Crippen LogP contribution in [0.5, 0.6) is 0 Å². The highest BCUT2D eigenvalue weighted by Crippen LogP contribution is 2.30. The molecule has 6 heteroatoms. The molecule has 1 aromatic carbocycles. The van der Waals surface area contributed by atoms with Crippen LogP contribution < -0.4 is 5.73 Å². The number of para-hydroxylation sites is 1. The van der Waals surface area contributed by atoms with E-state index in [9.17, 15) is 13.5 Å². The summed E-state index contributed by atoms with van der Waals surface area (Å²) in [6.45, 7) is 1.07. The zero-order valence-corrected chi connectivity index (χ0v) is 12.5. The largest absolute Gasteiger partial charge is 0.398 e. The van der Waals surface area contributed by atoms with Crippen molar-refractivity contribution in [1.82, 2.24) is 4.31 Å². The monoisotopic (exact) mass is 298 g/mol. The molecule has 0 aromatic heterocycles. The highest BCUT2D eigenvalue weighted by molar-refractivity contribution is 7.88. The number of aliphatic hydroxyl groups is 1. The van der Waals surface area contributed by atoms with Crippen molar-refractivity contribution in [3.63, 3.8) is 0 Å². The van der Waals surface area contributed by atoms with E-state index in [1.807, 2.05) is 18.2 Å². The van der Waals surface area contributed by atoms with Gasteiger partial charge in [0, 0.05) is 24.3 Å². The summed E-state index contributed by atoms with van der Waals surface area (Å²) in [5.41, 5.74) is 7.16. The second kappa shape index (κ2) is 6.11. The molecule has 0 amide bonds. The molecule has 2 unspecified atom stereocenters. The Hall–Kier alpha value is -1.11. The number of nitrogens with two attached hydrogens (primary N) is 1. The molecule has 2 atom stereocenters. The van der Waals surface area contributed by atoms with Gasteiger partial charge in [-0.05, 0) is 31.2 Å². The van der Waals surface area contributed by atoms with E-state index in [4.69, 9.17) is 5.73 Å². The molecule has 1 aromatic rings. The third kappa shape index (κ3) is 3.71. The molecule has 0 bridgehead atoms. The van der Waals surface area contributed by atoms with Crippen LogP contribution in [0.15, 0.2) is 24.3 Å². The number of hydrogen-bond donors (Lipinski definition) is 2. The lowest BCUT2D eigenvalue weighted by Crippen LogP contribution is -2.39. The second-order valence-electron chi connectivity index (χ2n) is 5.51. The van der Waals surface area contributed by atoms with Gasteiger partial charge in [-0.1, -0.05) is 18.2 Å². The van der Waals surface area contributed by atoms with Crippen molar-refractivity contribution in [2.75, 3.05) is 25.1 Å². The summed E-state index contributed by atoms with van der Waals surface area (Å²) in [5, 5.41) is 10.3. The number of sulfonamides is 1. The Morgan fingerprint density at radius 1 is 1.45 bits per heavy atom. The van der Waals surface area contributed by atoms with E-state index in [2.05, 4.69) is 0 Å². The number of nitrogen functional groups attached to an aromatic ring is 1. The van der Waals surface area contributed by atoms with Gasteiger partial charge in [-0.2, -0.15) is 0 Å². The normalized spacial score (nSPS) is 22.6. The summed E-state index contributed by atoms with van der Waals surface area (Å²) < 4.78 is 24.7. The Balaban J connectivity index is 2.01. The molecule has 2 rings (SSSR count). The molecular weight excluding hydrogens is 276 g/mol. The van der Waals surface area contributed by atoms with Gasteiger partial charge >= 0.3 is 0 Å². The molecule has 0 radical (unpaired) electrons. The van der Waals surface area contributed by atoms with Gasteiger partial charge in [0.15, 0.2) is 0 Å². The van der Waals surface area contributed by atoms with Crippen molar-refractivity contribution in [3.05, 3.63) is 29.8 Å². The Morgan fingerprint density at radius 2 is 2.15 bits per heavy atom. The average molecular weight is 298 g/mol. The zero-order valence-electron chi connectivity index (χ0n) is 11.7. The van der Waals surface area contributed by atoms with Gasteiger partial charge in [0.2, 0.25) is 10.0 Å². The number of anilines is 1. The van der Waals surface area contributed by atoms with Gasteiger partial charge in [-0.25, -0.2) is 12.7 Å². The van der Waals surface area contributed by atoms with Crippen molar-refractivity contribution >= 4 is 15.7 Å². The third-order valence-corrected chi connectivity index (χ3v) is 5.13. The first-order valence-electron chi connectivity index (χ1n) is 6.85. The van der Waals surface area contributed by atoms with Crippen LogP contribution in [-0.2, 0) is 10.0 Å². The van der Waals surface area contributed by atoms with E-state index >= 15 is 0 Å². The average Bonchev–Trinajstić information content (AvgIpc) is 2.38. The molecular formula is C14H22N2O3S. The molecule has 112 valence electrons. The number of piperidine rings is 1. The smallest absolute Gasteiger partial charge is 0.211 e. The van der Waals surface area contributed by atoms with Crippen LogP contribution in [-0.4, -0.2) is 37.2 Å². The summed E-state index contributed by atoms with van der Waals surface area (Å²) in [5.74, 6) is 0.174. The highest BCUT2D eigenvalue weighted by Gasteiger charge is 2.27. The summed E-state index contributed by atoms with van der Waals surface area (Å²) in [6.07, 6.45) is 2.92. The molecule has 0 spiro atoms. The van der Waals surface area contributed by atoms with Crippen LogP contribution >= 0.6 is 0 Å². The van der Waals surface area contributed by atoms with E-state index in [0.717, 1.165) is 18.4 Å². The first kappa shape index (κ1) is 15.3. The third-order valence-electron chi connectivity index (χ3n) is 3.86. The van der Waals surface area contributed by atoms with Crippen molar-refractivity contribution < 1.29 is 13.5 Å². The van der Waals surface area contributed by atoms with Crippen LogP contribution in [0.2, 0.25) is 0 Å². The van der Waals surface area contributed by atoms with Crippen LogP contribution in [0.1, 0.15) is 30.9 Å². The lowest BCUT2D eigenvalue weighted by molar-refractivity contribution is 0.123. The Bertz CT molecular complexity index is 559. The number of hydrogen-bond acceptors (Lipinski definition) is 4. The maximum absolute atomic E-state index is 11.6. The van der Waals surface area contributed by atoms with Gasteiger partial charge in [0.25, 0.3) is 0 Å². The van der Waals surface area contributed by atoms with Crippen LogP contribution in [0.25, 0.3) is 0 Å². The molecule has 20 heavy (non-hydrogen) atoms. The lowest BCUT2D eigenvalue weighted by atomic mass is 9.90. The Kier molecular flexibility index (Phi) is 4.67. The number of nitrogens with zero attached hydrogens (tertiary/aromatic N) is 1. The van der Waals surface area contributed by atoms with Gasteiger partial charge in [0.1, 0.15) is 0 Å². The minimum atomic E-state index is -3.14. The maximum Gasteiger partial charge on any atom is 0.211 e. The molecule has 5 nitrogen and oxygen atoms in total. The first-order valence-corrected chi connectivity index (χ1v) is 8.70. The van der Waals surface area contributed by atoms with Crippen molar-refractivity contribution in [3.8, 4) is 0 Å². The number of aliphatic hydroxyl groups excluding tert-OH is 1. The number of rotatable bonds is 4. The van der Waals surface area contributed by atoms with E-state index in [-0.39, 0.29) is 5.92 Å². The molecule has 0 saturated carbocycles. The fourth-order valence-corrected chi connectivity index (χ4v) is 3.72. The Labute approximate surface area is 120 Å². The molecule has 1 fully saturated rings. The summed E-state index contributed by atoms with van der Waals surface area (Å²) in [6, 6.07) is 7.26. The topological polar surface area (TPSA) is 83.6 Å². The first-order chi connectivity index (χ1) is 9.38. The SMILES string of the molecule is CS(=O)(=O)N1CCCC(CC(O)c2ccccc2N)C1. The van der Waals surface area contributed by atoms with E-state index in [1.165, 1.54) is 10.6 Å². The number of benzene rings is 1. The van der Waals surface area contributed by atoms with Gasteiger partial charge < -0.3 is 10.8 Å². The van der Waals surface area contributed by atoms with Crippen LogP contribution in [0.3, 0.4) is 0 Å². The molecule has 1 saturated heterocycles. The fourth-order valence-electron chi connectivity index (χ4n) is 2.78. The second-order valence-corrected chi connectivity index (χ2v) is 7.49. The summed E-state index contributed by atoms with van der Waals surface area (Å²) in [7, 11) is -3.14. The highest BCUT2D eigenvalue weighted by atomic mass is 32.2. The van der Waals surface area contributed by atoms with Crippen molar-refractivity contribution in [2.24, 2.45) is 5.92 Å². The van der Waals surface area contributed by atoms with Crippen LogP contribution in [0.4, 0.5) is 5.69 Å². The standard InChI is InChI=1S/C14H22N2O3S/c1-20(18,19)16-8-4-5-11(10-16)9-14(17)12-6-2-3-7-13(12)15/h2-3,6-7,11,14,17H,4-5,8-10,15H2,1H3. The molecule has 1 heterocycles. The minimum Gasteiger partial charge on any atom is -0.398 e. The van der Waals surface area contributed by atoms with E-state index < -0.39 is 16.1 Å². The summed E-state index contributed by atoms with van der Waals surface area (Å²) in [4.78, 5) is 0. The lowest BCUT2D eigenvalue weighted by Gasteiger charge is -2.32. The minimum absolute atomic E-state index is 0.174. The van der Waals surface area contributed by atoms with Crippen LogP contribution in [0, 0.1) is 5.92 Å². The van der Waals surface area contributed by atoms with E-state index in [1.54, 1.807) is 6.07 Å². The van der Waals surface area contributed by atoms with Crippen molar-refractivity contribution in [1.29, 1.82) is 0 Å².